The highest BCUT2D eigenvalue weighted by atomic mass is 16.7. The number of carbonyl (C=O) groups excluding carboxylic acids is 3. The summed E-state index contributed by atoms with van der Waals surface area (Å²) in [6, 6.07) is 3.15. The van der Waals surface area contributed by atoms with Crippen molar-refractivity contribution in [3.8, 4) is 6.07 Å². The van der Waals surface area contributed by atoms with Crippen LogP contribution < -0.4 is 11.2 Å². The molecule has 2 atom stereocenters. The second-order valence-electron chi connectivity index (χ2n) is 13.1. The molecule has 1 N–H and O–H groups in total. The minimum atomic E-state index is -1.86. The molecule has 14 heteroatoms. The van der Waals surface area contributed by atoms with Gasteiger partial charge in [0.2, 0.25) is 6.79 Å². The number of rotatable bonds is 11. The summed E-state index contributed by atoms with van der Waals surface area (Å²) >= 11 is 0. The third-order valence-corrected chi connectivity index (χ3v) is 6.17. The van der Waals surface area contributed by atoms with Crippen molar-refractivity contribution in [3.63, 3.8) is 0 Å². The summed E-state index contributed by atoms with van der Waals surface area (Å²) in [6.07, 6.45) is -0.491. The predicted octanol–water partition coefficient (Wildman–Crippen LogP) is 2.47. The van der Waals surface area contributed by atoms with Crippen molar-refractivity contribution in [1.29, 1.82) is 5.26 Å². The highest BCUT2D eigenvalue weighted by molar-refractivity contribution is 5.76. The van der Waals surface area contributed by atoms with Gasteiger partial charge in [0, 0.05) is 18.7 Å². The molecule has 1 aliphatic carbocycles. The van der Waals surface area contributed by atoms with Gasteiger partial charge in [-0.2, -0.15) is 5.26 Å². The second-order valence-corrected chi connectivity index (χ2v) is 13.1. The first kappa shape index (κ1) is 35.2. The van der Waals surface area contributed by atoms with Crippen LogP contribution in [0.3, 0.4) is 0 Å². The van der Waals surface area contributed by atoms with E-state index in [2.05, 4.69) is 11.1 Å². The Balaban J connectivity index is 2.50. The maximum atomic E-state index is 12.9. The summed E-state index contributed by atoms with van der Waals surface area (Å²) in [4.78, 5) is 63.7. The number of hydrogen-bond donors (Lipinski definition) is 1. The van der Waals surface area contributed by atoms with E-state index in [9.17, 15) is 29.2 Å². The zero-order valence-electron chi connectivity index (χ0n) is 26.2. The lowest BCUT2D eigenvalue weighted by atomic mass is 9.93. The molecule has 0 bridgehead atoms. The Morgan fingerprint density at radius 3 is 1.91 bits per heavy atom. The zero-order chi connectivity index (χ0) is 32.8. The normalized spacial score (nSPS) is 19.0. The topological polar surface area (TPSA) is 185 Å². The van der Waals surface area contributed by atoms with Crippen LogP contribution in [0, 0.1) is 27.6 Å². The maximum absolute atomic E-state index is 12.9. The fraction of sp³-hybridized carbons (Fsp3) is 0.655. The van der Waals surface area contributed by atoms with E-state index < -0.39 is 77.4 Å². The summed E-state index contributed by atoms with van der Waals surface area (Å²) in [5.41, 5.74) is -5.63. The second kappa shape index (κ2) is 13.6. The van der Waals surface area contributed by atoms with Crippen molar-refractivity contribution in [2.75, 3.05) is 27.0 Å². The van der Waals surface area contributed by atoms with E-state index in [1.54, 1.807) is 62.3 Å². The average molecular weight is 608 g/mol. The lowest BCUT2D eigenvalue weighted by Gasteiger charge is -2.31. The van der Waals surface area contributed by atoms with Crippen molar-refractivity contribution in [2.24, 2.45) is 16.2 Å². The largest absolute Gasteiger partial charge is 0.459 e. The van der Waals surface area contributed by atoms with E-state index in [1.807, 2.05) is 0 Å². The van der Waals surface area contributed by atoms with Crippen LogP contribution in [0.4, 0.5) is 0 Å². The van der Waals surface area contributed by atoms with Crippen molar-refractivity contribution >= 4 is 17.9 Å². The van der Waals surface area contributed by atoms with Gasteiger partial charge < -0.3 is 28.4 Å². The number of aromatic nitrogens is 2. The minimum Gasteiger partial charge on any atom is -0.459 e. The molecule has 2 rings (SSSR count). The minimum absolute atomic E-state index is 0.0321. The number of hydrogen-bond acceptors (Lipinski definition) is 12. The summed E-state index contributed by atoms with van der Waals surface area (Å²) in [6.45, 7) is 13.0. The van der Waals surface area contributed by atoms with Gasteiger partial charge in [-0.15, -0.1) is 0 Å². The van der Waals surface area contributed by atoms with E-state index in [0.717, 1.165) is 16.8 Å². The molecule has 238 valence electrons. The number of carbonyl (C=O) groups is 3. The SMILES string of the molecule is CC(C)(C)C(=O)OCOCC1=C(OCOC(=O)C(C)(C)C)C(OCOC(=O)C(C)(C)C)[C@](C#N)(n2ccc(=O)[nH]c2=O)C1. The Kier molecular flexibility index (Phi) is 11.1. The first-order valence-electron chi connectivity index (χ1n) is 13.5. The van der Waals surface area contributed by atoms with E-state index >= 15 is 0 Å². The fourth-order valence-corrected chi connectivity index (χ4v) is 3.73. The number of ether oxygens (including phenoxy) is 6. The molecule has 0 saturated carbocycles. The van der Waals surface area contributed by atoms with E-state index in [4.69, 9.17) is 28.4 Å². The fourth-order valence-electron chi connectivity index (χ4n) is 3.73. The predicted molar refractivity (Wildman–Crippen MR) is 150 cm³/mol. The first-order chi connectivity index (χ1) is 19.7. The summed E-state index contributed by atoms with van der Waals surface area (Å²) < 4.78 is 33.9. The average Bonchev–Trinajstić information content (AvgIpc) is 3.17. The third kappa shape index (κ3) is 9.01. The lowest BCUT2D eigenvalue weighted by Crippen LogP contribution is -2.50. The monoisotopic (exact) mass is 607 g/mol. The van der Waals surface area contributed by atoms with Crippen LogP contribution in [0.2, 0.25) is 0 Å². The van der Waals surface area contributed by atoms with Crippen LogP contribution in [-0.4, -0.2) is 60.5 Å². The van der Waals surface area contributed by atoms with Gasteiger partial charge >= 0.3 is 23.6 Å². The molecule has 0 fully saturated rings. The Bertz CT molecular complexity index is 1380. The van der Waals surface area contributed by atoms with Crippen LogP contribution >= 0.6 is 0 Å². The van der Waals surface area contributed by atoms with Gasteiger partial charge in [-0.25, -0.2) is 4.79 Å². The van der Waals surface area contributed by atoms with Gasteiger partial charge in [0.25, 0.3) is 5.56 Å². The van der Waals surface area contributed by atoms with Crippen molar-refractivity contribution in [1.82, 2.24) is 9.55 Å². The van der Waals surface area contributed by atoms with Crippen molar-refractivity contribution in [2.45, 2.75) is 80.4 Å². The Labute approximate surface area is 249 Å². The van der Waals surface area contributed by atoms with Crippen molar-refractivity contribution < 1.29 is 42.8 Å². The number of H-pyrrole nitrogens is 1. The quantitative estimate of drug-likeness (QED) is 0.168. The molecule has 1 aromatic rings. The molecule has 1 unspecified atom stereocenters. The van der Waals surface area contributed by atoms with Crippen molar-refractivity contribution in [3.05, 3.63) is 44.4 Å². The van der Waals surface area contributed by atoms with Gasteiger partial charge in [0.15, 0.2) is 25.2 Å². The van der Waals surface area contributed by atoms with Gasteiger partial charge in [-0.1, -0.05) is 0 Å². The molecule has 0 spiro atoms. The van der Waals surface area contributed by atoms with Crippen LogP contribution in [0.1, 0.15) is 68.7 Å². The van der Waals surface area contributed by atoms with Gasteiger partial charge in [-0.05, 0) is 67.9 Å². The first-order valence-corrected chi connectivity index (χ1v) is 13.5. The molecule has 1 aromatic heterocycles. The molecule has 0 saturated heterocycles. The number of nitrogens with zero attached hydrogens (tertiary/aromatic N) is 2. The lowest BCUT2D eigenvalue weighted by molar-refractivity contribution is -0.177. The molecule has 0 aromatic carbocycles. The van der Waals surface area contributed by atoms with Gasteiger partial charge in [-0.3, -0.25) is 28.7 Å². The molecule has 14 nitrogen and oxygen atoms in total. The van der Waals surface area contributed by atoms with Crippen LogP contribution in [0.25, 0.3) is 0 Å². The van der Waals surface area contributed by atoms with Gasteiger partial charge in [0.1, 0.15) is 5.76 Å². The molecule has 1 aliphatic rings. The Hall–Kier alpha value is -3.96. The van der Waals surface area contributed by atoms with Crippen LogP contribution in [-0.2, 0) is 48.3 Å². The standard InChI is InChI=1S/C29H41N3O11/c1-26(2,3)22(34)41-15-38-13-18-12-29(14-30,32-11-10-19(33)31-25(32)37)21(40-17-43-24(36)28(7,8)9)20(18)39-16-42-23(35)27(4,5)6/h10-11,21H,12-13,15-17H2,1-9H3,(H,31,33,37)/t21?,29-/m0/s1. The summed E-state index contributed by atoms with van der Waals surface area (Å²) in [7, 11) is 0. The highest BCUT2D eigenvalue weighted by Crippen LogP contribution is 2.43. The number of esters is 3. The number of nitriles is 1. The number of nitrogens with one attached hydrogen (secondary N) is 1. The maximum Gasteiger partial charge on any atom is 0.329 e. The molecule has 0 radical (unpaired) electrons. The molecular formula is C29H41N3O11. The molecule has 43 heavy (non-hydrogen) atoms. The van der Waals surface area contributed by atoms with E-state index in [-0.39, 0.29) is 18.8 Å². The Morgan fingerprint density at radius 1 is 0.907 bits per heavy atom. The highest BCUT2D eigenvalue weighted by Gasteiger charge is 2.53. The molecule has 0 aliphatic heterocycles. The number of aromatic amines is 1. The summed E-state index contributed by atoms with van der Waals surface area (Å²) in [5.74, 6) is -1.70. The van der Waals surface area contributed by atoms with Gasteiger partial charge in [0.05, 0.1) is 28.9 Å². The molecule has 1 heterocycles. The molecular weight excluding hydrogens is 566 g/mol. The zero-order valence-corrected chi connectivity index (χ0v) is 26.2. The molecule has 0 amide bonds. The summed E-state index contributed by atoms with van der Waals surface area (Å²) in [5, 5.41) is 10.5. The van der Waals surface area contributed by atoms with Crippen LogP contribution in [0.15, 0.2) is 33.2 Å². The van der Waals surface area contributed by atoms with E-state index in [1.165, 1.54) is 0 Å². The van der Waals surface area contributed by atoms with E-state index in [0.29, 0.717) is 5.57 Å². The Morgan fingerprint density at radius 2 is 1.42 bits per heavy atom. The third-order valence-electron chi connectivity index (χ3n) is 6.17. The smallest absolute Gasteiger partial charge is 0.329 e. The van der Waals surface area contributed by atoms with Crippen LogP contribution in [0.5, 0.6) is 0 Å².